The summed E-state index contributed by atoms with van der Waals surface area (Å²) >= 11 is 3.50. The molecule has 84 valence electrons. The Morgan fingerprint density at radius 1 is 1.50 bits per heavy atom. The summed E-state index contributed by atoms with van der Waals surface area (Å²) in [6, 6.07) is 5.86. The highest BCUT2D eigenvalue weighted by Crippen LogP contribution is 2.28. The van der Waals surface area contributed by atoms with E-state index in [9.17, 15) is 4.79 Å². The van der Waals surface area contributed by atoms with Crippen molar-refractivity contribution in [2.75, 3.05) is 0 Å². The zero-order chi connectivity index (χ0) is 11.7. The lowest BCUT2D eigenvalue weighted by molar-refractivity contribution is -0.136. The van der Waals surface area contributed by atoms with Gasteiger partial charge in [0.25, 0.3) is 0 Å². The summed E-state index contributed by atoms with van der Waals surface area (Å²) < 4.78 is 3.07. The van der Waals surface area contributed by atoms with E-state index < -0.39 is 5.97 Å². The molecule has 0 radical (unpaired) electrons. The van der Waals surface area contributed by atoms with Gasteiger partial charge in [0.05, 0.1) is 11.9 Å². The zero-order valence-corrected chi connectivity index (χ0v) is 10.5. The number of aliphatic carboxylic acids is 1. The summed E-state index contributed by atoms with van der Waals surface area (Å²) in [5.74, 6) is -0.796. The molecule has 0 saturated heterocycles. The van der Waals surface area contributed by atoms with Crippen LogP contribution in [0, 0.1) is 0 Å². The van der Waals surface area contributed by atoms with E-state index >= 15 is 0 Å². The molecule has 0 unspecified atom stereocenters. The molecule has 0 spiro atoms. The Morgan fingerprint density at radius 3 is 2.88 bits per heavy atom. The number of para-hydroxylation sites is 1. The summed E-state index contributed by atoms with van der Waals surface area (Å²) in [7, 11) is 0. The summed E-state index contributed by atoms with van der Waals surface area (Å²) in [5, 5.41) is 9.87. The van der Waals surface area contributed by atoms with Crippen molar-refractivity contribution in [3.8, 4) is 0 Å². The number of fused-ring (bicyclic) bond motifs is 1. The molecule has 16 heavy (non-hydrogen) atoms. The van der Waals surface area contributed by atoms with Crippen molar-refractivity contribution in [3.05, 3.63) is 34.4 Å². The molecule has 2 aromatic rings. The Labute approximate surface area is 102 Å². The van der Waals surface area contributed by atoms with E-state index in [-0.39, 0.29) is 6.42 Å². The fourth-order valence-electron chi connectivity index (χ4n) is 1.94. The highest BCUT2D eigenvalue weighted by molar-refractivity contribution is 9.10. The Hall–Kier alpha value is -1.29. The molecule has 2 rings (SSSR count). The minimum atomic E-state index is -0.796. The molecule has 1 N–H and O–H groups in total. The molecule has 0 amide bonds. The Kier molecular flexibility index (Phi) is 3.01. The molecule has 1 aromatic heterocycles. The van der Waals surface area contributed by atoms with Gasteiger partial charge in [0.1, 0.15) is 0 Å². The maximum absolute atomic E-state index is 10.8. The minimum Gasteiger partial charge on any atom is -0.481 e. The van der Waals surface area contributed by atoms with Crippen LogP contribution in [0.5, 0.6) is 0 Å². The van der Waals surface area contributed by atoms with Crippen LogP contribution in [-0.2, 0) is 17.8 Å². The number of aromatic nitrogens is 1. The molecule has 1 aromatic carbocycles. The van der Waals surface area contributed by atoms with Crippen molar-refractivity contribution < 1.29 is 9.90 Å². The summed E-state index contributed by atoms with van der Waals surface area (Å²) in [6.07, 6.45) is 1.99. The van der Waals surface area contributed by atoms with Gasteiger partial charge in [-0.1, -0.05) is 12.1 Å². The Morgan fingerprint density at radius 2 is 2.25 bits per heavy atom. The molecule has 0 aliphatic carbocycles. The van der Waals surface area contributed by atoms with Gasteiger partial charge < -0.3 is 9.67 Å². The van der Waals surface area contributed by atoms with Crippen LogP contribution >= 0.6 is 15.9 Å². The number of hydrogen-bond donors (Lipinski definition) is 1. The normalized spacial score (nSPS) is 10.9. The predicted molar refractivity (Wildman–Crippen MR) is 66.7 cm³/mol. The second-order valence-electron chi connectivity index (χ2n) is 3.65. The maximum atomic E-state index is 10.8. The quantitative estimate of drug-likeness (QED) is 0.940. The lowest BCUT2D eigenvalue weighted by Crippen LogP contribution is -1.99. The first-order valence-corrected chi connectivity index (χ1v) is 5.90. The van der Waals surface area contributed by atoms with E-state index in [0.29, 0.717) is 0 Å². The van der Waals surface area contributed by atoms with Crippen LogP contribution in [0.25, 0.3) is 10.9 Å². The van der Waals surface area contributed by atoms with Crippen molar-refractivity contribution in [2.24, 2.45) is 0 Å². The highest BCUT2D eigenvalue weighted by atomic mass is 79.9. The highest BCUT2D eigenvalue weighted by Gasteiger charge is 2.12. The maximum Gasteiger partial charge on any atom is 0.307 e. The van der Waals surface area contributed by atoms with E-state index in [2.05, 4.69) is 20.5 Å². The molecular formula is C12H12BrNO2. The van der Waals surface area contributed by atoms with Crippen molar-refractivity contribution in [3.63, 3.8) is 0 Å². The molecule has 4 heteroatoms. The van der Waals surface area contributed by atoms with Crippen LogP contribution in [0.1, 0.15) is 12.5 Å². The fourth-order valence-corrected chi connectivity index (χ4v) is 2.54. The predicted octanol–water partition coefficient (Wildman–Crippen LogP) is 3.05. The van der Waals surface area contributed by atoms with Crippen LogP contribution in [0.2, 0.25) is 0 Å². The summed E-state index contributed by atoms with van der Waals surface area (Å²) in [5.41, 5.74) is 1.94. The van der Waals surface area contributed by atoms with Crippen molar-refractivity contribution in [2.45, 2.75) is 19.9 Å². The number of hydrogen-bond acceptors (Lipinski definition) is 1. The number of halogens is 1. The molecule has 1 heterocycles. The van der Waals surface area contributed by atoms with Crippen LogP contribution in [0.4, 0.5) is 0 Å². The smallest absolute Gasteiger partial charge is 0.307 e. The van der Waals surface area contributed by atoms with E-state index in [1.54, 1.807) is 0 Å². The van der Waals surface area contributed by atoms with Gasteiger partial charge in [-0.25, -0.2) is 0 Å². The summed E-state index contributed by atoms with van der Waals surface area (Å²) in [4.78, 5) is 10.8. The van der Waals surface area contributed by atoms with E-state index in [1.165, 1.54) is 0 Å². The van der Waals surface area contributed by atoms with Crippen molar-refractivity contribution >= 4 is 32.8 Å². The number of benzene rings is 1. The third-order valence-corrected chi connectivity index (χ3v) is 3.25. The minimum absolute atomic E-state index is 0.0694. The Bertz CT molecular complexity index is 545. The van der Waals surface area contributed by atoms with Crippen molar-refractivity contribution in [1.29, 1.82) is 0 Å². The van der Waals surface area contributed by atoms with Gasteiger partial charge in [-0.15, -0.1) is 0 Å². The zero-order valence-electron chi connectivity index (χ0n) is 8.90. The molecule has 0 bridgehead atoms. The van der Waals surface area contributed by atoms with Crippen LogP contribution < -0.4 is 0 Å². The average molecular weight is 282 g/mol. The number of nitrogens with zero attached hydrogens (tertiary/aromatic N) is 1. The first-order chi connectivity index (χ1) is 7.63. The third kappa shape index (κ3) is 1.85. The summed E-state index contributed by atoms with van der Waals surface area (Å²) in [6.45, 7) is 2.88. The molecule has 0 aliphatic heterocycles. The Balaban J connectivity index is 2.68. The molecule has 3 nitrogen and oxygen atoms in total. The van der Waals surface area contributed by atoms with E-state index in [0.717, 1.165) is 27.5 Å². The monoisotopic (exact) mass is 281 g/mol. The van der Waals surface area contributed by atoms with Gasteiger partial charge in [0.15, 0.2) is 0 Å². The first-order valence-electron chi connectivity index (χ1n) is 5.11. The van der Waals surface area contributed by atoms with Gasteiger partial charge in [0.2, 0.25) is 0 Å². The van der Waals surface area contributed by atoms with Crippen molar-refractivity contribution in [1.82, 2.24) is 4.57 Å². The van der Waals surface area contributed by atoms with Gasteiger partial charge in [-0.2, -0.15) is 0 Å². The lowest BCUT2D eigenvalue weighted by atomic mass is 10.1. The number of carboxylic acids is 1. The first kappa shape index (κ1) is 11.2. The molecule has 0 saturated carbocycles. The number of carboxylic acid groups (broad SMARTS) is 1. The molecule has 0 fully saturated rings. The van der Waals surface area contributed by atoms with E-state index in [4.69, 9.17) is 5.11 Å². The third-order valence-electron chi connectivity index (χ3n) is 2.61. The SMILES string of the molecule is CCn1cc(CC(=O)O)c2cccc(Br)c21. The molecular weight excluding hydrogens is 270 g/mol. The van der Waals surface area contributed by atoms with Crippen LogP contribution in [-0.4, -0.2) is 15.6 Å². The second kappa shape index (κ2) is 4.29. The topological polar surface area (TPSA) is 42.2 Å². The largest absolute Gasteiger partial charge is 0.481 e. The molecule has 0 aliphatic rings. The fraction of sp³-hybridized carbons (Fsp3) is 0.250. The van der Waals surface area contributed by atoms with Crippen LogP contribution in [0.15, 0.2) is 28.9 Å². The second-order valence-corrected chi connectivity index (χ2v) is 4.50. The number of aryl methyl sites for hydroxylation is 1. The average Bonchev–Trinajstić information content (AvgIpc) is 2.57. The van der Waals surface area contributed by atoms with Gasteiger partial charge >= 0.3 is 5.97 Å². The van der Waals surface area contributed by atoms with Gasteiger partial charge in [-0.05, 0) is 34.5 Å². The van der Waals surface area contributed by atoms with E-state index in [1.807, 2.05) is 31.3 Å². The van der Waals surface area contributed by atoms with Gasteiger partial charge in [-0.3, -0.25) is 4.79 Å². The van der Waals surface area contributed by atoms with Crippen LogP contribution in [0.3, 0.4) is 0 Å². The standard InChI is InChI=1S/C12H12BrNO2/c1-2-14-7-8(6-11(15)16)9-4-3-5-10(13)12(9)14/h3-5,7H,2,6H2,1H3,(H,15,16). The van der Waals surface area contributed by atoms with Gasteiger partial charge in [0, 0.05) is 22.6 Å². The number of rotatable bonds is 3. The molecule has 0 atom stereocenters. The number of carbonyl (C=O) groups is 1. The lowest BCUT2D eigenvalue weighted by Gasteiger charge is -2.01.